The van der Waals surface area contributed by atoms with Crippen molar-refractivity contribution < 1.29 is 9.15 Å². The number of rotatable bonds is 4. The van der Waals surface area contributed by atoms with Gasteiger partial charge in [0.15, 0.2) is 0 Å². The number of nitrogens with zero attached hydrogens (tertiary/aromatic N) is 2. The number of furan rings is 1. The average Bonchev–Trinajstić information content (AvgIpc) is 3.08. The molecule has 1 aromatic carbocycles. The van der Waals surface area contributed by atoms with Gasteiger partial charge < -0.3 is 14.1 Å². The third-order valence-electron chi connectivity index (χ3n) is 4.25. The normalized spacial score (nSPS) is 19.7. The summed E-state index contributed by atoms with van der Waals surface area (Å²) in [7, 11) is 1.70. The van der Waals surface area contributed by atoms with Crippen LogP contribution in [0.3, 0.4) is 0 Å². The van der Waals surface area contributed by atoms with Gasteiger partial charge in [-0.1, -0.05) is 19.1 Å². The van der Waals surface area contributed by atoms with Gasteiger partial charge in [0.25, 0.3) is 0 Å². The van der Waals surface area contributed by atoms with Crippen molar-refractivity contribution in [3.63, 3.8) is 0 Å². The van der Waals surface area contributed by atoms with E-state index in [-0.39, 0.29) is 0 Å². The van der Waals surface area contributed by atoms with Gasteiger partial charge in [-0.2, -0.15) is 0 Å². The summed E-state index contributed by atoms with van der Waals surface area (Å²) in [5, 5.41) is 0. The standard InChI is InChI=1S/C17H22N2O2/c1-3-18-9-10-19(15-8-11-21-13-15)17(12-18)14-4-6-16(20-2)7-5-14/h4-8,11,13,17H,3,9-10,12H2,1-2H3. The Kier molecular flexibility index (Phi) is 4.15. The molecule has 4 heteroatoms. The molecule has 0 saturated carbocycles. The van der Waals surface area contributed by atoms with E-state index in [1.54, 1.807) is 13.4 Å². The number of anilines is 1. The number of piperazine rings is 1. The first-order valence-electron chi connectivity index (χ1n) is 7.47. The van der Waals surface area contributed by atoms with Gasteiger partial charge >= 0.3 is 0 Å². The van der Waals surface area contributed by atoms with Crippen LogP contribution in [-0.2, 0) is 0 Å². The Morgan fingerprint density at radius 3 is 2.62 bits per heavy atom. The molecule has 3 rings (SSSR count). The monoisotopic (exact) mass is 286 g/mol. The summed E-state index contributed by atoms with van der Waals surface area (Å²) in [6.45, 7) is 6.46. The second-order valence-electron chi connectivity index (χ2n) is 5.36. The van der Waals surface area contributed by atoms with Gasteiger partial charge in [0.1, 0.15) is 12.0 Å². The lowest BCUT2D eigenvalue weighted by Gasteiger charge is -2.42. The first-order chi connectivity index (χ1) is 10.3. The molecule has 0 aliphatic carbocycles. The molecule has 0 amide bonds. The molecule has 1 saturated heterocycles. The lowest BCUT2D eigenvalue weighted by molar-refractivity contribution is 0.234. The lowest BCUT2D eigenvalue weighted by Crippen LogP contribution is -2.48. The number of methoxy groups -OCH3 is 1. The van der Waals surface area contributed by atoms with Crippen LogP contribution in [0.4, 0.5) is 5.69 Å². The van der Waals surface area contributed by atoms with Crippen molar-refractivity contribution in [1.29, 1.82) is 0 Å². The summed E-state index contributed by atoms with van der Waals surface area (Å²) in [5.74, 6) is 0.900. The molecule has 1 atom stereocenters. The molecule has 0 spiro atoms. The average molecular weight is 286 g/mol. The van der Waals surface area contributed by atoms with Crippen molar-refractivity contribution in [3.05, 3.63) is 48.4 Å². The van der Waals surface area contributed by atoms with E-state index in [2.05, 4.69) is 28.9 Å². The van der Waals surface area contributed by atoms with E-state index in [0.717, 1.165) is 37.6 Å². The highest BCUT2D eigenvalue weighted by Crippen LogP contribution is 2.31. The zero-order valence-corrected chi connectivity index (χ0v) is 12.7. The van der Waals surface area contributed by atoms with E-state index in [4.69, 9.17) is 9.15 Å². The maximum Gasteiger partial charge on any atom is 0.118 e. The second kappa shape index (κ2) is 6.22. The van der Waals surface area contributed by atoms with Crippen LogP contribution in [0.1, 0.15) is 18.5 Å². The van der Waals surface area contributed by atoms with Gasteiger partial charge in [-0.05, 0) is 30.3 Å². The summed E-state index contributed by atoms with van der Waals surface area (Å²) in [6, 6.07) is 10.8. The molecule has 0 N–H and O–H groups in total. The maximum atomic E-state index is 5.27. The number of hydrogen-bond donors (Lipinski definition) is 0. The van der Waals surface area contributed by atoms with Crippen LogP contribution in [-0.4, -0.2) is 38.2 Å². The molecular weight excluding hydrogens is 264 g/mol. The van der Waals surface area contributed by atoms with Crippen molar-refractivity contribution in [1.82, 2.24) is 4.90 Å². The Bertz CT molecular complexity index is 551. The fraction of sp³-hybridized carbons (Fsp3) is 0.412. The summed E-state index contributed by atoms with van der Waals surface area (Å²) >= 11 is 0. The maximum absolute atomic E-state index is 5.27. The highest BCUT2D eigenvalue weighted by Gasteiger charge is 2.28. The molecule has 1 unspecified atom stereocenters. The lowest BCUT2D eigenvalue weighted by atomic mass is 10.0. The summed E-state index contributed by atoms with van der Waals surface area (Å²) in [5.41, 5.74) is 2.47. The largest absolute Gasteiger partial charge is 0.497 e. The van der Waals surface area contributed by atoms with Crippen molar-refractivity contribution in [3.8, 4) is 5.75 Å². The predicted octanol–water partition coefficient (Wildman–Crippen LogP) is 3.17. The van der Waals surface area contributed by atoms with Gasteiger partial charge in [-0.25, -0.2) is 0 Å². The third kappa shape index (κ3) is 2.90. The van der Waals surface area contributed by atoms with Crippen molar-refractivity contribution in [2.75, 3.05) is 38.2 Å². The van der Waals surface area contributed by atoms with E-state index in [9.17, 15) is 0 Å². The number of ether oxygens (including phenoxy) is 1. The van der Waals surface area contributed by atoms with Crippen LogP contribution in [0, 0.1) is 0 Å². The SMILES string of the molecule is CCN1CCN(c2ccoc2)C(c2ccc(OC)cc2)C1. The molecule has 0 radical (unpaired) electrons. The van der Waals surface area contributed by atoms with Gasteiger partial charge in [-0.15, -0.1) is 0 Å². The first-order valence-corrected chi connectivity index (χ1v) is 7.47. The van der Waals surface area contributed by atoms with E-state index < -0.39 is 0 Å². The molecule has 1 fully saturated rings. The third-order valence-corrected chi connectivity index (χ3v) is 4.25. The van der Waals surface area contributed by atoms with Gasteiger partial charge in [0.05, 0.1) is 25.1 Å². The Hall–Kier alpha value is -1.94. The molecule has 1 aliphatic rings. The smallest absolute Gasteiger partial charge is 0.118 e. The van der Waals surface area contributed by atoms with Crippen molar-refractivity contribution in [2.45, 2.75) is 13.0 Å². The van der Waals surface area contributed by atoms with E-state index in [1.165, 1.54) is 5.56 Å². The van der Waals surface area contributed by atoms with E-state index in [1.807, 2.05) is 24.5 Å². The molecule has 21 heavy (non-hydrogen) atoms. The zero-order valence-electron chi connectivity index (χ0n) is 12.7. The second-order valence-corrected chi connectivity index (χ2v) is 5.36. The highest BCUT2D eigenvalue weighted by molar-refractivity contribution is 5.47. The quantitative estimate of drug-likeness (QED) is 0.863. The highest BCUT2D eigenvalue weighted by atomic mass is 16.5. The Morgan fingerprint density at radius 2 is 2.00 bits per heavy atom. The topological polar surface area (TPSA) is 28.9 Å². The fourth-order valence-electron chi connectivity index (χ4n) is 2.97. The molecule has 112 valence electrons. The van der Waals surface area contributed by atoms with Crippen LogP contribution in [0.25, 0.3) is 0 Å². The van der Waals surface area contributed by atoms with Crippen molar-refractivity contribution >= 4 is 5.69 Å². The molecule has 2 heterocycles. The number of benzene rings is 1. The van der Waals surface area contributed by atoms with Crippen LogP contribution < -0.4 is 9.64 Å². The minimum absolute atomic E-state index is 0.349. The molecule has 0 bridgehead atoms. The zero-order chi connectivity index (χ0) is 14.7. The summed E-state index contributed by atoms with van der Waals surface area (Å²) in [6.07, 6.45) is 3.57. The van der Waals surface area contributed by atoms with E-state index in [0.29, 0.717) is 6.04 Å². The Balaban J connectivity index is 1.88. The Morgan fingerprint density at radius 1 is 1.19 bits per heavy atom. The van der Waals surface area contributed by atoms with Crippen LogP contribution in [0.5, 0.6) is 5.75 Å². The van der Waals surface area contributed by atoms with Gasteiger partial charge in [0, 0.05) is 19.6 Å². The Labute approximate surface area is 125 Å². The molecular formula is C17H22N2O2. The van der Waals surface area contributed by atoms with E-state index >= 15 is 0 Å². The summed E-state index contributed by atoms with van der Waals surface area (Å²) < 4.78 is 10.5. The molecule has 1 aromatic heterocycles. The molecule has 2 aromatic rings. The van der Waals surface area contributed by atoms with Crippen LogP contribution >= 0.6 is 0 Å². The minimum atomic E-state index is 0.349. The van der Waals surface area contributed by atoms with Crippen LogP contribution in [0.15, 0.2) is 47.3 Å². The summed E-state index contributed by atoms with van der Waals surface area (Å²) in [4.78, 5) is 4.92. The minimum Gasteiger partial charge on any atom is -0.497 e. The molecule has 1 aliphatic heterocycles. The number of hydrogen-bond acceptors (Lipinski definition) is 4. The number of likely N-dealkylation sites (N-methyl/N-ethyl adjacent to an activating group) is 1. The van der Waals surface area contributed by atoms with Gasteiger partial charge in [0.2, 0.25) is 0 Å². The predicted molar refractivity (Wildman–Crippen MR) is 83.9 cm³/mol. The van der Waals surface area contributed by atoms with Gasteiger partial charge in [-0.3, -0.25) is 4.90 Å². The molecule has 4 nitrogen and oxygen atoms in total. The first kappa shape index (κ1) is 14.0. The van der Waals surface area contributed by atoms with Crippen molar-refractivity contribution in [2.24, 2.45) is 0 Å². The van der Waals surface area contributed by atoms with Crippen LogP contribution in [0.2, 0.25) is 0 Å². The fourth-order valence-corrected chi connectivity index (χ4v) is 2.97.